The van der Waals surface area contributed by atoms with E-state index in [9.17, 15) is 4.79 Å². The van der Waals surface area contributed by atoms with Crippen LogP contribution in [-0.4, -0.2) is 41.7 Å². The van der Waals surface area contributed by atoms with Gasteiger partial charge in [0.1, 0.15) is 0 Å². The second-order valence-corrected chi connectivity index (χ2v) is 7.27. The van der Waals surface area contributed by atoms with Crippen molar-refractivity contribution in [1.82, 2.24) is 9.88 Å². The Morgan fingerprint density at radius 3 is 2.83 bits per heavy atom. The molecular formula is C18H19ClN2O2S. The number of nitrogens with zero attached hydrogens (tertiary/aromatic N) is 2. The first-order valence-corrected chi connectivity index (χ1v) is 9.27. The van der Waals surface area contributed by atoms with Gasteiger partial charge in [-0.25, -0.2) is 4.98 Å². The van der Waals surface area contributed by atoms with Crippen LogP contribution in [0.2, 0.25) is 5.02 Å². The lowest BCUT2D eigenvalue weighted by atomic mass is 10.1. The molecule has 0 aliphatic carbocycles. The summed E-state index contributed by atoms with van der Waals surface area (Å²) in [5, 5.41) is 1.12. The van der Waals surface area contributed by atoms with Crippen LogP contribution in [0.4, 0.5) is 0 Å². The molecule has 0 spiro atoms. The molecule has 3 rings (SSSR count). The number of amides is 1. The molecule has 1 amide bonds. The number of halogens is 1. The molecule has 0 bridgehead atoms. The highest BCUT2D eigenvalue weighted by Gasteiger charge is 2.24. The summed E-state index contributed by atoms with van der Waals surface area (Å²) in [7, 11) is 1.56. The maximum Gasteiger partial charge on any atom is 0.255 e. The predicted octanol–water partition coefficient (Wildman–Crippen LogP) is 4.06. The number of thioether (sulfide) groups is 1. The van der Waals surface area contributed by atoms with Gasteiger partial charge in [0.05, 0.1) is 12.7 Å². The highest BCUT2D eigenvalue weighted by atomic mass is 35.5. The largest absolute Gasteiger partial charge is 0.481 e. The minimum atomic E-state index is 0.0190. The molecule has 1 atom stereocenters. The van der Waals surface area contributed by atoms with Gasteiger partial charge < -0.3 is 9.64 Å². The quantitative estimate of drug-likeness (QED) is 0.825. The monoisotopic (exact) mass is 362 g/mol. The molecule has 0 N–H and O–H groups in total. The van der Waals surface area contributed by atoms with E-state index in [0.29, 0.717) is 23.2 Å². The number of benzene rings is 1. The van der Waals surface area contributed by atoms with Gasteiger partial charge in [-0.3, -0.25) is 4.79 Å². The lowest BCUT2D eigenvalue weighted by Gasteiger charge is -2.20. The maximum atomic E-state index is 12.7. The van der Waals surface area contributed by atoms with Crippen molar-refractivity contribution in [2.75, 3.05) is 26.0 Å². The maximum absolute atomic E-state index is 12.7. The van der Waals surface area contributed by atoms with Crippen LogP contribution in [0.25, 0.3) is 0 Å². The molecule has 1 aliphatic rings. The summed E-state index contributed by atoms with van der Waals surface area (Å²) < 4.78 is 5.04. The zero-order valence-corrected chi connectivity index (χ0v) is 15.0. The van der Waals surface area contributed by atoms with E-state index in [-0.39, 0.29) is 5.91 Å². The number of carbonyl (C=O) groups is 1. The van der Waals surface area contributed by atoms with Crippen LogP contribution in [0.5, 0.6) is 5.88 Å². The minimum Gasteiger partial charge on any atom is -0.481 e. The number of ether oxygens (including phenoxy) is 1. The van der Waals surface area contributed by atoms with Gasteiger partial charge in [-0.05, 0) is 24.1 Å². The molecule has 6 heteroatoms. The number of rotatable bonds is 3. The smallest absolute Gasteiger partial charge is 0.255 e. The lowest BCUT2D eigenvalue weighted by Crippen LogP contribution is -2.33. The summed E-state index contributed by atoms with van der Waals surface area (Å²) in [5.41, 5.74) is 1.75. The Hall–Kier alpha value is -1.72. The van der Waals surface area contributed by atoms with E-state index in [1.807, 2.05) is 34.9 Å². The Morgan fingerprint density at radius 1 is 1.29 bits per heavy atom. The second kappa shape index (κ2) is 7.90. The molecule has 2 aromatic rings. The number of hydrogen-bond acceptors (Lipinski definition) is 4. The van der Waals surface area contributed by atoms with Crippen LogP contribution in [0.3, 0.4) is 0 Å². The van der Waals surface area contributed by atoms with E-state index in [2.05, 4.69) is 11.1 Å². The number of aromatic nitrogens is 1. The zero-order valence-electron chi connectivity index (χ0n) is 13.4. The van der Waals surface area contributed by atoms with Crippen molar-refractivity contribution < 1.29 is 9.53 Å². The van der Waals surface area contributed by atoms with Gasteiger partial charge in [-0.15, -0.1) is 0 Å². The van der Waals surface area contributed by atoms with Gasteiger partial charge in [-0.2, -0.15) is 11.8 Å². The topological polar surface area (TPSA) is 42.4 Å². The van der Waals surface area contributed by atoms with Gasteiger partial charge in [0.2, 0.25) is 5.88 Å². The Balaban J connectivity index is 1.68. The van der Waals surface area contributed by atoms with Gasteiger partial charge in [0.25, 0.3) is 5.91 Å². The zero-order chi connectivity index (χ0) is 16.9. The predicted molar refractivity (Wildman–Crippen MR) is 98.0 cm³/mol. The van der Waals surface area contributed by atoms with Crippen molar-refractivity contribution in [3.8, 4) is 5.88 Å². The first-order chi connectivity index (χ1) is 11.7. The first-order valence-electron chi connectivity index (χ1n) is 7.84. The van der Waals surface area contributed by atoms with E-state index >= 15 is 0 Å². The van der Waals surface area contributed by atoms with E-state index in [0.717, 1.165) is 29.3 Å². The van der Waals surface area contributed by atoms with Gasteiger partial charge >= 0.3 is 0 Å². The molecule has 2 heterocycles. The Labute approximate surface area is 151 Å². The molecular weight excluding hydrogens is 344 g/mol. The summed E-state index contributed by atoms with van der Waals surface area (Å²) in [5.74, 6) is 1.42. The fraction of sp³-hybridized carbons (Fsp3) is 0.333. The first kappa shape index (κ1) is 17.1. The molecule has 126 valence electrons. The lowest BCUT2D eigenvalue weighted by molar-refractivity contribution is 0.0766. The van der Waals surface area contributed by atoms with Crippen molar-refractivity contribution in [3.63, 3.8) is 0 Å². The van der Waals surface area contributed by atoms with Crippen LogP contribution in [0, 0.1) is 0 Å². The molecule has 0 unspecified atom stereocenters. The van der Waals surface area contributed by atoms with Crippen molar-refractivity contribution in [2.45, 2.75) is 11.7 Å². The molecule has 1 fully saturated rings. The van der Waals surface area contributed by atoms with Crippen molar-refractivity contribution in [3.05, 3.63) is 58.7 Å². The molecule has 0 radical (unpaired) electrons. The number of methoxy groups -OCH3 is 1. The molecule has 1 aromatic heterocycles. The van der Waals surface area contributed by atoms with Crippen molar-refractivity contribution in [2.24, 2.45) is 0 Å². The second-order valence-electron chi connectivity index (χ2n) is 5.55. The van der Waals surface area contributed by atoms with Gasteiger partial charge in [0, 0.05) is 41.4 Å². The highest BCUT2D eigenvalue weighted by Crippen LogP contribution is 2.37. The third-order valence-corrected chi connectivity index (χ3v) is 5.73. The number of pyridine rings is 1. The Kier molecular flexibility index (Phi) is 5.63. The summed E-state index contributed by atoms with van der Waals surface area (Å²) in [4.78, 5) is 18.7. The van der Waals surface area contributed by atoms with E-state index in [1.54, 1.807) is 25.4 Å². The molecule has 1 aromatic carbocycles. The summed E-state index contributed by atoms with van der Waals surface area (Å²) >= 11 is 8.18. The summed E-state index contributed by atoms with van der Waals surface area (Å²) in [6.45, 7) is 1.45. The average Bonchev–Trinajstić information content (AvgIpc) is 2.88. The number of hydrogen-bond donors (Lipinski definition) is 0. The van der Waals surface area contributed by atoms with Crippen LogP contribution >= 0.6 is 23.4 Å². The van der Waals surface area contributed by atoms with Gasteiger partial charge in [-0.1, -0.05) is 29.8 Å². The van der Waals surface area contributed by atoms with E-state index in [1.165, 1.54) is 0 Å². The summed E-state index contributed by atoms with van der Waals surface area (Å²) in [6.07, 6.45) is 2.47. The average molecular weight is 363 g/mol. The van der Waals surface area contributed by atoms with Crippen LogP contribution < -0.4 is 4.74 Å². The van der Waals surface area contributed by atoms with Crippen LogP contribution in [0.15, 0.2) is 42.6 Å². The third kappa shape index (κ3) is 3.84. The van der Waals surface area contributed by atoms with E-state index in [4.69, 9.17) is 16.3 Å². The fourth-order valence-electron chi connectivity index (χ4n) is 2.77. The SMILES string of the molecule is COc1ccc(C(=O)N2CCS[C@@H](c3ccccc3Cl)CC2)cn1. The normalized spacial score (nSPS) is 18.1. The number of carbonyl (C=O) groups excluding carboxylic acids is 1. The fourth-order valence-corrected chi connectivity index (χ4v) is 4.37. The third-order valence-electron chi connectivity index (χ3n) is 4.07. The van der Waals surface area contributed by atoms with Crippen molar-refractivity contribution >= 4 is 29.3 Å². The van der Waals surface area contributed by atoms with E-state index < -0.39 is 0 Å². The van der Waals surface area contributed by atoms with Crippen LogP contribution in [0.1, 0.15) is 27.6 Å². The van der Waals surface area contributed by atoms with Crippen LogP contribution in [-0.2, 0) is 0 Å². The Bertz CT molecular complexity index is 708. The summed E-state index contributed by atoms with van der Waals surface area (Å²) in [6, 6.07) is 11.4. The molecule has 1 saturated heterocycles. The molecule has 0 saturated carbocycles. The van der Waals surface area contributed by atoms with Crippen molar-refractivity contribution in [1.29, 1.82) is 0 Å². The molecule has 1 aliphatic heterocycles. The molecule has 24 heavy (non-hydrogen) atoms. The highest BCUT2D eigenvalue weighted by molar-refractivity contribution is 7.99. The van der Waals surface area contributed by atoms with Gasteiger partial charge in [0.15, 0.2) is 0 Å². The Morgan fingerprint density at radius 2 is 2.12 bits per heavy atom. The minimum absolute atomic E-state index is 0.0190. The molecule has 4 nitrogen and oxygen atoms in total. The standard InChI is InChI=1S/C18H19ClN2O2S/c1-23-17-7-6-13(12-20-17)18(22)21-9-8-16(24-11-10-21)14-4-2-3-5-15(14)19/h2-7,12,16H,8-11H2,1H3/t16-/m1/s1.